The Hall–Kier alpha value is -0.430. The van der Waals surface area contributed by atoms with Crippen molar-refractivity contribution in [2.75, 3.05) is 52.5 Å². The monoisotopic (exact) mass is 287 g/mol. The highest BCUT2D eigenvalue weighted by Crippen LogP contribution is 2.10. The molecular formula is C13H25N3O2S. The van der Waals surface area contributed by atoms with Gasteiger partial charge in [-0.1, -0.05) is 0 Å². The Kier molecular flexibility index (Phi) is 6.84. The maximum absolute atomic E-state index is 5.54. The van der Waals surface area contributed by atoms with Gasteiger partial charge in [0.25, 0.3) is 0 Å². The van der Waals surface area contributed by atoms with E-state index in [4.69, 9.17) is 21.7 Å². The van der Waals surface area contributed by atoms with Crippen LogP contribution in [0.4, 0.5) is 0 Å². The van der Waals surface area contributed by atoms with E-state index in [1.165, 1.54) is 6.42 Å². The molecule has 2 aliphatic heterocycles. The zero-order valence-electron chi connectivity index (χ0n) is 11.5. The topological polar surface area (TPSA) is 45.8 Å². The second-order valence-electron chi connectivity index (χ2n) is 5.08. The summed E-state index contributed by atoms with van der Waals surface area (Å²) in [6.45, 7) is 7.62. The lowest BCUT2D eigenvalue weighted by molar-refractivity contribution is 0.0376. The molecule has 5 nitrogen and oxygen atoms in total. The standard InChI is InChI=1S/C13H25N3O2S/c19-13(15-11-12-3-1-8-18-12)14-4-2-5-16-6-9-17-10-7-16/h12H,1-11H2,(H2,14,15,19). The zero-order valence-corrected chi connectivity index (χ0v) is 12.3. The fourth-order valence-corrected chi connectivity index (χ4v) is 2.59. The number of hydrogen-bond acceptors (Lipinski definition) is 4. The smallest absolute Gasteiger partial charge is 0.166 e. The van der Waals surface area contributed by atoms with Gasteiger partial charge in [-0.05, 0) is 38.0 Å². The van der Waals surface area contributed by atoms with Crippen molar-refractivity contribution in [2.24, 2.45) is 0 Å². The maximum Gasteiger partial charge on any atom is 0.166 e. The molecule has 0 aromatic rings. The molecule has 0 saturated carbocycles. The van der Waals surface area contributed by atoms with Crippen molar-refractivity contribution >= 4 is 17.3 Å². The van der Waals surface area contributed by atoms with Crippen LogP contribution >= 0.6 is 12.2 Å². The Labute approximate surface area is 121 Å². The molecule has 0 aliphatic carbocycles. The first-order chi connectivity index (χ1) is 9.34. The van der Waals surface area contributed by atoms with Gasteiger partial charge in [0.2, 0.25) is 0 Å². The summed E-state index contributed by atoms with van der Waals surface area (Å²) in [5.41, 5.74) is 0. The van der Waals surface area contributed by atoms with Crippen LogP contribution in [0.2, 0.25) is 0 Å². The Morgan fingerprint density at radius 3 is 2.79 bits per heavy atom. The maximum atomic E-state index is 5.54. The highest BCUT2D eigenvalue weighted by atomic mass is 32.1. The minimum atomic E-state index is 0.341. The third-order valence-corrected chi connectivity index (χ3v) is 3.84. The highest BCUT2D eigenvalue weighted by Gasteiger charge is 2.15. The molecular weight excluding hydrogens is 262 g/mol. The zero-order chi connectivity index (χ0) is 13.3. The van der Waals surface area contributed by atoms with Crippen LogP contribution in [0.3, 0.4) is 0 Å². The summed E-state index contributed by atoms with van der Waals surface area (Å²) >= 11 is 5.25. The normalized spacial score (nSPS) is 24.3. The van der Waals surface area contributed by atoms with Crippen LogP contribution in [-0.4, -0.2) is 68.7 Å². The summed E-state index contributed by atoms with van der Waals surface area (Å²) in [6.07, 6.45) is 3.77. The molecule has 110 valence electrons. The summed E-state index contributed by atoms with van der Waals surface area (Å²) in [4.78, 5) is 2.44. The van der Waals surface area contributed by atoms with Crippen molar-refractivity contribution in [3.05, 3.63) is 0 Å². The van der Waals surface area contributed by atoms with Gasteiger partial charge in [0.1, 0.15) is 0 Å². The minimum Gasteiger partial charge on any atom is -0.379 e. The van der Waals surface area contributed by atoms with Crippen LogP contribution < -0.4 is 10.6 Å². The number of ether oxygens (including phenoxy) is 2. The quantitative estimate of drug-likeness (QED) is 0.543. The average molecular weight is 287 g/mol. The molecule has 0 aromatic carbocycles. The summed E-state index contributed by atoms with van der Waals surface area (Å²) in [6, 6.07) is 0. The van der Waals surface area contributed by atoms with Crippen molar-refractivity contribution in [3.63, 3.8) is 0 Å². The Morgan fingerprint density at radius 1 is 1.21 bits per heavy atom. The van der Waals surface area contributed by atoms with Gasteiger partial charge in [0.15, 0.2) is 5.11 Å². The van der Waals surface area contributed by atoms with Crippen molar-refractivity contribution in [2.45, 2.75) is 25.4 Å². The van der Waals surface area contributed by atoms with Gasteiger partial charge in [-0.15, -0.1) is 0 Å². The van der Waals surface area contributed by atoms with Crippen LogP contribution in [0.15, 0.2) is 0 Å². The van der Waals surface area contributed by atoms with E-state index in [9.17, 15) is 0 Å². The fourth-order valence-electron chi connectivity index (χ4n) is 2.40. The fraction of sp³-hybridized carbons (Fsp3) is 0.923. The van der Waals surface area contributed by atoms with Crippen molar-refractivity contribution in [1.29, 1.82) is 0 Å². The second-order valence-corrected chi connectivity index (χ2v) is 5.49. The van der Waals surface area contributed by atoms with Gasteiger partial charge < -0.3 is 20.1 Å². The summed E-state index contributed by atoms with van der Waals surface area (Å²) in [5, 5.41) is 7.23. The summed E-state index contributed by atoms with van der Waals surface area (Å²) in [7, 11) is 0. The molecule has 1 unspecified atom stereocenters. The first kappa shape index (κ1) is 15.0. The minimum absolute atomic E-state index is 0.341. The van der Waals surface area contributed by atoms with E-state index in [0.717, 1.165) is 70.5 Å². The first-order valence-corrected chi connectivity index (χ1v) is 7.69. The number of nitrogens with one attached hydrogen (secondary N) is 2. The van der Waals surface area contributed by atoms with Gasteiger partial charge in [0, 0.05) is 32.8 Å². The van der Waals surface area contributed by atoms with Crippen molar-refractivity contribution in [3.8, 4) is 0 Å². The number of morpholine rings is 1. The molecule has 2 aliphatic rings. The van der Waals surface area contributed by atoms with E-state index < -0.39 is 0 Å². The molecule has 6 heteroatoms. The lowest BCUT2D eigenvalue weighted by Gasteiger charge is -2.26. The summed E-state index contributed by atoms with van der Waals surface area (Å²) < 4.78 is 10.9. The Bertz CT molecular complexity index is 267. The van der Waals surface area contributed by atoms with Crippen LogP contribution in [0.5, 0.6) is 0 Å². The molecule has 2 rings (SSSR count). The third-order valence-electron chi connectivity index (χ3n) is 3.55. The molecule has 2 N–H and O–H groups in total. The molecule has 19 heavy (non-hydrogen) atoms. The number of nitrogens with zero attached hydrogens (tertiary/aromatic N) is 1. The number of hydrogen-bond donors (Lipinski definition) is 2. The van der Waals surface area contributed by atoms with Crippen molar-refractivity contribution < 1.29 is 9.47 Å². The predicted molar refractivity (Wildman–Crippen MR) is 79.5 cm³/mol. The van der Waals surface area contributed by atoms with Crippen molar-refractivity contribution in [1.82, 2.24) is 15.5 Å². The van der Waals surface area contributed by atoms with E-state index in [-0.39, 0.29) is 0 Å². The molecule has 1 atom stereocenters. The van der Waals surface area contributed by atoms with Gasteiger partial charge in [-0.2, -0.15) is 0 Å². The van der Waals surface area contributed by atoms with Crippen LogP contribution in [0, 0.1) is 0 Å². The lowest BCUT2D eigenvalue weighted by atomic mass is 10.2. The van der Waals surface area contributed by atoms with E-state index in [1.54, 1.807) is 0 Å². The first-order valence-electron chi connectivity index (χ1n) is 7.28. The number of rotatable bonds is 6. The predicted octanol–water partition coefficient (Wildman–Crippen LogP) is 0.352. The van der Waals surface area contributed by atoms with Gasteiger partial charge >= 0.3 is 0 Å². The largest absolute Gasteiger partial charge is 0.379 e. The van der Waals surface area contributed by atoms with E-state index in [1.807, 2.05) is 0 Å². The third kappa shape index (κ3) is 6.03. The molecule has 0 amide bonds. The Balaban J connectivity index is 1.44. The van der Waals surface area contributed by atoms with Gasteiger partial charge in [-0.25, -0.2) is 0 Å². The van der Waals surface area contributed by atoms with E-state index in [0.29, 0.717) is 6.10 Å². The van der Waals surface area contributed by atoms with E-state index in [2.05, 4.69) is 15.5 Å². The van der Waals surface area contributed by atoms with Gasteiger partial charge in [-0.3, -0.25) is 4.90 Å². The van der Waals surface area contributed by atoms with E-state index >= 15 is 0 Å². The van der Waals surface area contributed by atoms with Gasteiger partial charge in [0.05, 0.1) is 19.3 Å². The highest BCUT2D eigenvalue weighted by molar-refractivity contribution is 7.80. The Morgan fingerprint density at radius 2 is 2.05 bits per heavy atom. The van der Waals surface area contributed by atoms with Crippen LogP contribution in [0.25, 0.3) is 0 Å². The second kappa shape index (κ2) is 8.68. The SMILES string of the molecule is S=C(NCCCN1CCOCC1)NCC1CCCO1. The molecule has 0 aromatic heterocycles. The lowest BCUT2D eigenvalue weighted by Crippen LogP contribution is -2.41. The molecule has 0 bridgehead atoms. The van der Waals surface area contributed by atoms with Crippen LogP contribution in [0.1, 0.15) is 19.3 Å². The molecule has 2 saturated heterocycles. The molecule has 2 heterocycles. The molecule has 2 fully saturated rings. The molecule has 0 radical (unpaired) electrons. The molecule has 0 spiro atoms. The van der Waals surface area contributed by atoms with Crippen LogP contribution in [-0.2, 0) is 9.47 Å². The average Bonchev–Trinajstić information content (AvgIpc) is 2.96. The number of thiocarbonyl (C=S) groups is 1. The summed E-state index contributed by atoms with van der Waals surface area (Å²) in [5.74, 6) is 0.